The highest BCUT2D eigenvalue weighted by Gasteiger charge is 2.29. The number of ether oxygens (including phenoxy) is 2. The predicted molar refractivity (Wildman–Crippen MR) is 125 cm³/mol. The molecule has 1 atom stereocenters. The molecule has 1 aliphatic rings. The lowest BCUT2D eigenvalue weighted by molar-refractivity contribution is 0.0352. The Kier molecular flexibility index (Phi) is 5.54. The van der Waals surface area contributed by atoms with E-state index in [1.165, 1.54) is 4.57 Å². The highest BCUT2D eigenvalue weighted by atomic mass is 16.5. The van der Waals surface area contributed by atoms with Gasteiger partial charge < -0.3 is 14.8 Å². The van der Waals surface area contributed by atoms with E-state index in [0.717, 1.165) is 11.9 Å². The van der Waals surface area contributed by atoms with Crippen molar-refractivity contribution in [3.63, 3.8) is 0 Å². The Morgan fingerprint density at radius 1 is 1.19 bits per heavy atom. The topological polar surface area (TPSA) is 105 Å². The van der Waals surface area contributed by atoms with Gasteiger partial charge in [0.05, 0.1) is 19.1 Å². The smallest absolute Gasteiger partial charge is 0.264 e. The molecule has 0 spiro atoms. The first-order valence-corrected chi connectivity index (χ1v) is 10.2. The number of hydrogen-bond donors (Lipinski definition) is 3. The molecule has 8 nitrogen and oxygen atoms in total. The van der Waals surface area contributed by atoms with Crippen LogP contribution in [0, 0.1) is 10.8 Å². The summed E-state index contributed by atoms with van der Waals surface area (Å²) in [6.07, 6.45) is 6.52. The average molecular weight is 431 g/mol. The van der Waals surface area contributed by atoms with Crippen LogP contribution < -0.4 is 21.1 Å². The van der Waals surface area contributed by atoms with Crippen molar-refractivity contribution in [3.05, 3.63) is 76.1 Å². The fourth-order valence-electron chi connectivity index (χ4n) is 3.77. The number of nitrogens with one attached hydrogen (secondary N) is 3. The van der Waals surface area contributed by atoms with E-state index in [-0.39, 0.29) is 11.0 Å². The van der Waals surface area contributed by atoms with Crippen LogP contribution in [0.5, 0.6) is 5.75 Å². The van der Waals surface area contributed by atoms with Gasteiger partial charge in [0.15, 0.2) is 5.72 Å². The van der Waals surface area contributed by atoms with Crippen LogP contribution in [0.25, 0.3) is 22.9 Å². The molecule has 3 aromatic rings. The van der Waals surface area contributed by atoms with E-state index in [9.17, 15) is 4.79 Å². The highest BCUT2D eigenvalue weighted by molar-refractivity contribution is 5.77. The molecular formula is C24H25N5O3. The number of fused-ring (bicyclic) bond motifs is 1. The molecule has 0 bridgehead atoms. The van der Waals surface area contributed by atoms with Crippen LogP contribution in [0.2, 0.25) is 0 Å². The minimum absolute atomic E-state index is 0.159. The van der Waals surface area contributed by atoms with Crippen molar-refractivity contribution >= 4 is 18.2 Å². The first-order valence-electron chi connectivity index (χ1n) is 10.2. The van der Waals surface area contributed by atoms with Crippen LogP contribution in [-0.2, 0) is 4.74 Å². The number of hydrogen-bond acceptors (Lipinski definition) is 6. The Hall–Kier alpha value is -3.91. The first-order chi connectivity index (χ1) is 15.4. The van der Waals surface area contributed by atoms with E-state index in [0.29, 0.717) is 35.0 Å². The van der Waals surface area contributed by atoms with Crippen molar-refractivity contribution in [1.29, 1.82) is 10.8 Å². The van der Waals surface area contributed by atoms with Crippen molar-refractivity contribution in [2.45, 2.75) is 19.6 Å². The molecule has 0 aliphatic carbocycles. The SMILES string of the molecule is CCOC1(C)C=Cc2cc(-c3ccc(=N)n(C=N)c3)c(=O)n(-c3ccc(OC)cc3)c2N1. The van der Waals surface area contributed by atoms with Crippen LogP contribution >= 0.6 is 0 Å². The fourth-order valence-corrected chi connectivity index (χ4v) is 3.77. The molecule has 0 saturated carbocycles. The van der Waals surface area contributed by atoms with Gasteiger partial charge in [-0.3, -0.25) is 24.7 Å². The summed E-state index contributed by atoms with van der Waals surface area (Å²) < 4.78 is 14.1. The summed E-state index contributed by atoms with van der Waals surface area (Å²) >= 11 is 0. The van der Waals surface area contributed by atoms with E-state index in [2.05, 4.69) is 5.32 Å². The summed E-state index contributed by atoms with van der Waals surface area (Å²) in [5.41, 5.74) is 1.75. The number of anilines is 1. The molecule has 8 heteroatoms. The van der Waals surface area contributed by atoms with E-state index < -0.39 is 5.72 Å². The van der Waals surface area contributed by atoms with Gasteiger partial charge in [0.2, 0.25) is 0 Å². The first kappa shape index (κ1) is 21.3. The zero-order chi connectivity index (χ0) is 22.9. The van der Waals surface area contributed by atoms with Crippen LogP contribution in [0.15, 0.2) is 59.5 Å². The molecule has 0 saturated heterocycles. The van der Waals surface area contributed by atoms with Gasteiger partial charge in [-0.15, -0.1) is 0 Å². The van der Waals surface area contributed by atoms with Gasteiger partial charge in [-0.1, -0.05) is 6.08 Å². The lowest BCUT2D eigenvalue weighted by Crippen LogP contribution is -2.40. The maximum Gasteiger partial charge on any atom is 0.264 e. The maximum absolute atomic E-state index is 13.8. The number of rotatable bonds is 6. The Morgan fingerprint density at radius 3 is 2.59 bits per heavy atom. The lowest BCUT2D eigenvalue weighted by atomic mass is 10.0. The van der Waals surface area contributed by atoms with Crippen LogP contribution in [0.4, 0.5) is 5.82 Å². The van der Waals surface area contributed by atoms with Crippen LogP contribution in [0.1, 0.15) is 19.4 Å². The summed E-state index contributed by atoms with van der Waals surface area (Å²) in [4.78, 5) is 13.8. The molecule has 0 amide bonds. The monoisotopic (exact) mass is 431 g/mol. The normalized spacial score (nSPS) is 16.8. The molecule has 32 heavy (non-hydrogen) atoms. The van der Waals surface area contributed by atoms with Gasteiger partial charge in [-0.2, -0.15) is 0 Å². The number of nitrogens with zero attached hydrogens (tertiary/aromatic N) is 2. The predicted octanol–water partition coefficient (Wildman–Crippen LogP) is 3.44. The molecule has 0 fully saturated rings. The third-order valence-corrected chi connectivity index (χ3v) is 5.38. The summed E-state index contributed by atoms with van der Waals surface area (Å²) in [7, 11) is 1.60. The second kappa shape index (κ2) is 8.32. The van der Waals surface area contributed by atoms with Crippen molar-refractivity contribution in [1.82, 2.24) is 9.13 Å². The zero-order valence-corrected chi connectivity index (χ0v) is 18.2. The molecule has 1 aliphatic heterocycles. The zero-order valence-electron chi connectivity index (χ0n) is 18.2. The van der Waals surface area contributed by atoms with Crippen molar-refractivity contribution in [3.8, 4) is 22.6 Å². The quantitative estimate of drug-likeness (QED) is 0.411. The van der Waals surface area contributed by atoms with E-state index in [4.69, 9.17) is 20.3 Å². The van der Waals surface area contributed by atoms with Gasteiger partial charge in [-0.25, -0.2) is 0 Å². The molecule has 1 aromatic carbocycles. The number of pyridine rings is 2. The van der Waals surface area contributed by atoms with E-state index >= 15 is 0 Å². The number of methoxy groups -OCH3 is 1. The Labute approximate surface area is 185 Å². The van der Waals surface area contributed by atoms with Gasteiger partial charge in [0.25, 0.3) is 5.56 Å². The third-order valence-electron chi connectivity index (χ3n) is 5.38. The van der Waals surface area contributed by atoms with Crippen LogP contribution in [-0.4, -0.2) is 34.9 Å². The minimum atomic E-state index is -0.750. The molecule has 2 aromatic heterocycles. The molecule has 4 rings (SSSR count). The molecule has 3 N–H and O–H groups in total. The largest absolute Gasteiger partial charge is 0.497 e. The molecule has 1 unspecified atom stereocenters. The van der Waals surface area contributed by atoms with E-state index in [1.807, 2.05) is 44.2 Å². The number of benzene rings is 1. The van der Waals surface area contributed by atoms with E-state index in [1.54, 1.807) is 42.1 Å². The summed E-state index contributed by atoms with van der Waals surface area (Å²) in [6, 6.07) is 12.4. The van der Waals surface area contributed by atoms with Gasteiger partial charge in [0, 0.05) is 29.5 Å². The Bertz CT molecular complexity index is 1320. The summed E-state index contributed by atoms with van der Waals surface area (Å²) in [5, 5.41) is 18.8. The molecule has 164 valence electrons. The van der Waals surface area contributed by atoms with Crippen molar-refractivity contribution in [2.75, 3.05) is 19.0 Å². The van der Waals surface area contributed by atoms with Gasteiger partial charge >= 0.3 is 0 Å². The lowest BCUT2D eigenvalue weighted by Gasteiger charge is -2.34. The van der Waals surface area contributed by atoms with Gasteiger partial charge in [-0.05, 0) is 62.4 Å². The minimum Gasteiger partial charge on any atom is -0.497 e. The summed E-state index contributed by atoms with van der Waals surface area (Å²) in [6.45, 7) is 4.34. The third kappa shape index (κ3) is 3.76. The maximum atomic E-state index is 13.8. The standard InChI is InChI=1S/C24H25N5O3/c1-4-32-24(2)12-11-16-13-20(17-5-10-21(26)28(14-17)15-25)23(30)29(22(16)27-24)18-6-8-19(31-3)9-7-18/h5-15,25-27H,4H2,1-3H3. The van der Waals surface area contributed by atoms with Crippen molar-refractivity contribution < 1.29 is 9.47 Å². The highest BCUT2D eigenvalue weighted by Crippen LogP contribution is 2.32. The van der Waals surface area contributed by atoms with Crippen LogP contribution in [0.3, 0.4) is 0 Å². The average Bonchev–Trinajstić information content (AvgIpc) is 2.79. The van der Waals surface area contributed by atoms with Crippen molar-refractivity contribution in [2.24, 2.45) is 0 Å². The molecular weight excluding hydrogens is 406 g/mol. The molecule has 0 radical (unpaired) electrons. The Morgan fingerprint density at radius 2 is 1.94 bits per heavy atom. The second-order valence-electron chi connectivity index (χ2n) is 7.54. The fraction of sp³-hybridized carbons (Fsp3) is 0.208. The summed E-state index contributed by atoms with van der Waals surface area (Å²) in [5.74, 6) is 1.32. The Balaban J connectivity index is 1.99. The molecule has 3 heterocycles. The second-order valence-corrected chi connectivity index (χ2v) is 7.54. The number of aromatic nitrogens is 2. The van der Waals surface area contributed by atoms with Gasteiger partial charge in [0.1, 0.15) is 17.1 Å².